The van der Waals surface area contributed by atoms with Gasteiger partial charge in [0, 0.05) is 17.3 Å². The summed E-state index contributed by atoms with van der Waals surface area (Å²) in [6, 6.07) is 19.1. The molecule has 200 valence electrons. The molecule has 0 spiro atoms. The van der Waals surface area contributed by atoms with E-state index >= 15 is 0 Å². The Balaban J connectivity index is 1.51. The number of aryl methyl sites for hydroxylation is 1. The first-order valence-electron chi connectivity index (χ1n) is 12.0. The van der Waals surface area contributed by atoms with Crippen molar-refractivity contribution in [3.05, 3.63) is 78.2 Å². The van der Waals surface area contributed by atoms with E-state index in [0.29, 0.717) is 40.5 Å². The second kappa shape index (κ2) is 10.7. The molecule has 11 nitrogen and oxygen atoms in total. The molecule has 0 atom stereocenters. The number of hydrogen-bond donors (Lipinski definition) is 2. The third-order valence-corrected chi connectivity index (χ3v) is 7.15. The maximum atomic E-state index is 13.5. The molecule has 0 bridgehead atoms. The fourth-order valence-corrected chi connectivity index (χ4v) is 4.89. The van der Waals surface area contributed by atoms with Crippen LogP contribution in [0.15, 0.2) is 76.0 Å². The second-order valence-electron chi connectivity index (χ2n) is 9.09. The molecule has 0 fully saturated rings. The molecule has 2 aromatic heterocycles. The summed E-state index contributed by atoms with van der Waals surface area (Å²) >= 11 is 0. The molecule has 2 heterocycles. The lowest BCUT2D eigenvalue weighted by molar-refractivity contribution is 0.344. The molecule has 0 aliphatic heterocycles. The van der Waals surface area contributed by atoms with Crippen LogP contribution in [0, 0.1) is 6.92 Å². The standard InChI is InChI=1S/C27H27N7O4S/c1-17-12-13-19(37-4)15-23(17)30-25-26(29-22-11-6-5-10-21(22)28-25)33-39(35,36)20-9-7-8-18(14-20)27-32-31-24(38-27)16-34(2)3/h5-15H,16H2,1-4H3,(H,28,30)(H,29,33). The van der Waals surface area contributed by atoms with Gasteiger partial charge < -0.3 is 19.4 Å². The van der Waals surface area contributed by atoms with Crippen LogP contribution in [-0.2, 0) is 16.6 Å². The number of benzene rings is 3. The Kier molecular flexibility index (Phi) is 7.13. The van der Waals surface area contributed by atoms with Gasteiger partial charge in [-0.2, -0.15) is 0 Å². The summed E-state index contributed by atoms with van der Waals surface area (Å²) < 4.78 is 40.7. The Morgan fingerprint density at radius 1 is 0.923 bits per heavy atom. The predicted octanol–water partition coefficient (Wildman–Crippen LogP) is 4.60. The number of rotatable bonds is 9. The minimum atomic E-state index is -4.08. The molecule has 0 saturated heterocycles. The van der Waals surface area contributed by atoms with E-state index in [2.05, 4.69) is 30.2 Å². The van der Waals surface area contributed by atoms with Crippen molar-refractivity contribution in [2.45, 2.75) is 18.4 Å². The van der Waals surface area contributed by atoms with Crippen molar-refractivity contribution >= 4 is 38.4 Å². The molecule has 0 amide bonds. The van der Waals surface area contributed by atoms with E-state index in [1.165, 1.54) is 12.1 Å². The largest absolute Gasteiger partial charge is 0.497 e. The van der Waals surface area contributed by atoms with Gasteiger partial charge >= 0.3 is 0 Å². The summed E-state index contributed by atoms with van der Waals surface area (Å²) in [5.74, 6) is 1.59. The third kappa shape index (κ3) is 5.81. The summed E-state index contributed by atoms with van der Waals surface area (Å²) in [7, 11) is 1.27. The van der Waals surface area contributed by atoms with E-state index in [0.717, 1.165) is 5.56 Å². The lowest BCUT2D eigenvalue weighted by atomic mass is 10.2. The zero-order valence-electron chi connectivity index (χ0n) is 21.8. The molecule has 2 N–H and O–H groups in total. The van der Waals surface area contributed by atoms with Gasteiger partial charge in [-0.25, -0.2) is 18.4 Å². The van der Waals surface area contributed by atoms with E-state index in [4.69, 9.17) is 9.15 Å². The number of sulfonamides is 1. The molecule has 0 radical (unpaired) electrons. The average molecular weight is 546 g/mol. The molecule has 0 aliphatic carbocycles. The van der Waals surface area contributed by atoms with Crippen LogP contribution in [0.25, 0.3) is 22.5 Å². The van der Waals surface area contributed by atoms with E-state index in [-0.39, 0.29) is 22.4 Å². The second-order valence-corrected chi connectivity index (χ2v) is 10.8. The quantitative estimate of drug-likeness (QED) is 0.270. The molecule has 0 unspecified atom stereocenters. The van der Waals surface area contributed by atoms with Crippen molar-refractivity contribution in [1.29, 1.82) is 0 Å². The Labute approximate surface area is 225 Å². The maximum Gasteiger partial charge on any atom is 0.263 e. The Hall–Kier alpha value is -4.55. The summed E-state index contributed by atoms with van der Waals surface area (Å²) in [4.78, 5) is 11.1. The smallest absolute Gasteiger partial charge is 0.263 e. The first-order chi connectivity index (χ1) is 18.7. The minimum Gasteiger partial charge on any atom is -0.497 e. The molecule has 3 aromatic carbocycles. The van der Waals surface area contributed by atoms with Crippen molar-refractivity contribution < 1.29 is 17.6 Å². The van der Waals surface area contributed by atoms with Crippen LogP contribution < -0.4 is 14.8 Å². The fourth-order valence-electron chi connectivity index (χ4n) is 3.84. The molecule has 12 heteroatoms. The predicted molar refractivity (Wildman–Crippen MR) is 148 cm³/mol. The minimum absolute atomic E-state index is 0.00540. The van der Waals surface area contributed by atoms with Crippen LogP contribution in [0.2, 0.25) is 0 Å². The number of anilines is 3. The van der Waals surface area contributed by atoms with Gasteiger partial charge in [0.15, 0.2) is 11.6 Å². The van der Waals surface area contributed by atoms with Gasteiger partial charge in [-0.15, -0.1) is 10.2 Å². The molecule has 0 saturated carbocycles. The van der Waals surface area contributed by atoms with Crippen molar-refractivity contribution in [3.63, 3.8) is 0 Å². The molecule has 5 aromatic rings. The highest BCUT2D eigenvalue weighted by Crippen LogP contribution is 2.31. The summed E-state index contributed by atoms with van der Waals surface area (Å²) in [5.41, 5.74) is 3.24. The first kappa shape index (κ1) is 26.1. The summed E-state index contributed by atoms with van der Waals surface area (Å²) in [6.07, 6.45) is 0. The van der Waals surface area contributed by atoms with Crippen LogP contribution in [-0.4, -0.2) is 54.7 Å². The van der Waals surface area contributed by atoms with Gasteiger partial charge in [-0.05, 0) is 63.0 Å². The van der Waals surface area contributed by atoms with Crippen LogP contribution >= 0.6 is 0 Å². The lowest BCUT2D eigenvalue weighted by Crippen LogP contribution is -2.16. The number of nitrogens with one attached hydrogen (secondary N) is 2. The summed E-state index contributed by atoms with van der Waals surface area (Å²) in [6.45, 7) is 2.39. The van der Waals surface area contributed by atoms with Gasteiger partial charge in [-0.1, -0.05) is 24.3 Å². The Morgan fingerprint density at radius 2 is 1.67 bits per heavy atom. The maximum absolute atomic E-state index is 13.5. The van der Waals surface area contributed by atoms with Gasteiger partial charge in [-0.3, -0.25) is 4.72 Å². The van der Waals surface area contributed by atoms with Gasteiger partial charge in [0.2, 0.25) is 11.8 Å². The number of para-hydroxylation sites is 2. The van der Waals surface area contributed by atoms with E-state index in [1.807, 2.05) is 62.3 Å². The monoisotopic (exact) mass is 545 g/mol. The van der Waals surface area contributed by atoms with E-state index in [1.54, 1.807) is 25.3 Å². The Morgan fingerprint density at radius 3 is 2.38 bits per heavy atom. The zero-order chi connectivity index (χ0) is 27.6. The number of aromatic nitrogens is 4. The van der Waals surface area contributed by atoms with E-state index in [9.17, 15) is 8.42 Å². The SMILES string of the molecule is COc1ccc(C)c(Nc2nc3ccccc3nc2NS(=O)(=O)c2cccc(-c3nnc(CN(C)C)o3)c2)c1. The molecule has 39 heavy (non-hydrogen) atoms. The molecule has 0 aliphatic rings. The number of ether oxygens (including phenoxy) is 1. The molecular weight excluding hydrogens is 518 g/mol. The zero-order valence-corrected chi connectivity index (χ0v) is 22.7. The Bertz CT molecular complexity index is 1750. The van der Waals surface area contributed by atoms with Crippen molar-refractivity contribution in [2.24, 2.45) is 0 Å². The van der Waals surface area contributed by atoms with E-state index < -0.39 is 10.0 Å². The summed E-state index contributed by atoms with van der Waals surface area (Å²) in [5, 5.41) is 11.3. The fraction of sp³-hybridized carbons (Fsp3) is 0.185. The number of hydrogen-bond acceptors (Lipinski definition) is 10. The first-order valence-corrected chi connectivity index (χ1v) is 13.5. The highest BCUT2D eigenvalue weighted by atomic mass is 32.2. The normalized spacial score (nSPS) is 11.6. The van der Waals surface area contributed by atoms with Gasteiger partial charge in [0.25, 0.3) is 10.0 Å². The number of methoxy groups -OCH3 is 1. The van der Waals surface area contributed by atoms with Gasteiger partial charge in [0.1, 0.15) is 5.75 Å². The molecular formula is C27H27N7O4S. The van der Waals surface area contributed by atoms with Crippen molar-refractivity contribution in [1.82, 2.24) is 25.1 Å². The van der Waals surface area contributed by atoms with Crippen molar-refractivity contribution in [2.75, 3.05) is 31.2 Å². The average Bonchev–Trinajstić information content (AvgIpc) is 3.38. The highest BCUT2D eigenvalue weighted by Gasteiger charge is 2.21. The van der Waals surface area contributed by atoms with Crippen LogP contribution in [0.5, 0.6) is 5.75 Å². The van der Waals surface area contributed by atoms with Crippen LogP contribution in [0.4, 0.5) is 17.3 Å². The third-order valence-electron chi connectivity index (χ3n) is 5.81. The van der Waals surface area contributed by atoms with Crippen LogP contribution in [0.1, 0.15) is 11.5 Å². The topological polar surface area (TPSA) is 135 Å². The molecule has 5 rings (SSSR count). The lowest BCUT2D eigenvalue weighted by Gasteiger charge is -2.16. The van der Waals surface area contributed by atoms with Crippen molar-refractivity contribution in [3.8, 4) is 17.2 Å². The number of fused-ring (bicyclic) bond motifs is 1. The number of nitrogens with zero attached hydrogens (tertiary/aromatic N) is 5. The highest BCUT2D eigenvalue weighted by molar-refractivity contribution is 7.92. The van der Waals surface area contributed by atoms with Crippen LogP contribution in [0.3, 0.4) is 0 Å². The van der Waals surface area contributed by atoms with Gasteiger partial charge in [0.05, 0.1) is 29.6 Å².